The Morgan fingerprint density at radius 3 is 1.18 bits per heavy atom. The molecule has 0 spiro atoms. The van der Waals surface area contributed by atoms with Gasteiger partial charge in [0.15, 0.2) is 19.8 Å². The van der Waals surface area contributed by atoms with Gasteiger partial charge < -0.3 is 48.7 Å². The summed E-state index contributed by atoms with van der Waals surface area (Å²) in [4.78, 5) is 13.8. The predicted molar refractivity (Wildman–Crippen MR) is 416 cm³/mol. The van der Waals surface area contributed by atoms with Crippen LogP contribution in [0.5, 0.6) is 46.0 Å². The molecule has 0 fully saturated rings. The molecule has 15 aromatic rings. The average Bonchev–Trinajstić information content (AvgIpc) is 1.71. The van der Waals surface area contributed by atoms with E-state index in [0.717, 1.165) is 78.5 Å². The van der Waals surface area contributed by atoms with Gasteiger partial charge in [-0.25, -0.2) is 14.0 Å². The van der Waals surface area contributed by atoms with Crippen molar-refractivity contribution in [2.45, 2.75) is 99.0 Å². The maximum Gasteiger partial charge on any atom is 0.305 e. The number of halogens is 1. The van der Waals surface area contributed by atoms with Gasteiger partial charge in [-0.2, -0.15) is 20.1 Å². The minimum atomic E-state index is -2.45. The largest absolute Gasteiger partial charge is 0.508 e. The summed E-state index contributed by atoms with van der Waals surface area (Å²) < 4.78 is 63.5. The van der Waals surface area contributed by atoms with E-state index in [1.807, 2.05) is 118 Å². The molecule has 7 aromatic heterocycles. The van der Waals surface area contributed by atoms with Gasteiger partial charge in [0.05, 0.1) is 35.7 Å². The zero-order chi connectivity index (χ0) is 81.9. The molecular weight excluding hydrogens is 1600 g/mol. The van der Waals surface area contributed by atoms with Crippen LogP contribution < -0.4 is 33.2 Å². The molecule has 15 rings (SSSR count). The topological polar surface area (TPSA) is 503 Å². The number of aromatic hydroxyl groups is 1. The molecule has 0 atom stereocenters. The van der Waals surface area contributed by atoms with Gasteiger partial charge in [0.2, 0.25) is 17.5 Å². The van der Waals surface area contributed by atoms with Gasteiger partial charge in [0, 0.05) is 63.6 Å². The number of fused-ring (bicyclic) bond motifs is 5. The van der Waals surface area contributed by atoms with Crippen molar-refractivity contribution in [3.63, 3.8) is 0 Å². The number of aromatic nitrogens is 23. The summed E-state index contributed by atoms with van der Waals surface area (Å²) in [7, 11) is 8.82. The molecule has 7 heterocycles. The monoisotopic (exact) mass is 1680 g/mol. The second-order valence-corrected chi connectivity index (χ2v) is 36.8. The van der Waals surface area contributed by atoms with E-state index in [2.05, 4.69) is 122 Å². The van der Waals surface area contributed by atoms with Crippen molar-refractivity contribution in [3.8, 4) is 52.1 Å². The molecule has 0 saturated heterocycles. The maximum absolute atomic E-state index is 12.5. The van der Waals surface area contributed by atoms with Crippen molar-refractivity contribution in [1.29, 1.82) is 5.26 Å². The SMILES string of the molecule is CCC[CH2][Sn]([CH2]CCC)([CH2]CCC)[N]=[N+]=[N-].COc1ccc(COc2ccc3c(c2)nnn3C)cc1.COc1ccc(COc2ccc3c(c2)nnn3O)cc1.Cn1nnc2cc(OCC#N)ccc21.Cn1nnc2cc(OCc3nn[nH]n3)ccc21.O=[N+]([O-])c1ccc(O)cc1F.On1nnc2cc(OCc3nn[nH]n3)ccc21. The van der Waals surface area contributed by atoms with Crippen LogP contribution in [0.25, 0.3) is 65.6 Å². The third-order valence-corrected chi connectivity index (χ3v) is 29.3. The normalized spacial score (nSPS) is 10.6. The number of ether oxygens (including phenoxy) is 7. The quantitative estimate of drug-likeness (QED) is 0.00607. The summed E-state index contributed by atoms with van der Waals surface area (Å²) in [6, 6.07) is 47.0. The van der Waals surface area contributed by atoms with Gasteiger partial charge >= 0.3 is 111 Å². The van der Waals surface area contributed by atoms with E-state index in [0.29, 0.717) is 80.8 Å². The van der Waals surface area contributed by atoms with Crippen molar-refractivity contribution < 1.29 is 58.0 Å². The van der Waals surface area contributed by atoms with Crippen LogP contribution in [0.15, 0.2) is 161 Å². The van der Waals surface area contributed by atoms with E-state index >= 15 is 0 Å². The zero-order valence-corrected chi connectivity index (χ0v) is 66.8. The number of tetrazole rings is 2. The minimum Gasteiger partial charge on any atom is -0.508 e. The number of nitro benzene ring substituents is 1. The van der Waals surface area contributed by atoms with Crippen LogP contribution in [-0.2, 0) is 47.6 Å². The molecule has 0 unspecified atom stereocenters. The summed E-state index contributed by atoms with van der Waals surface area (Å²) in [6.45, 7) is 8.16. The van der Waals surface area contributed by atoms with Gasteiger partial charge in [-0.05, 0) is 113 Å². The first-order valence-electron chi connectivity index (χ1n) is 35.7. The summed E-state index contributed by atoms with van der Waals surface area (Å²) in [5.41, 5.74) is 17.8. The number of nitrogens with zero attached hydrogens (tertiary/aromatic N) is 26. The molecule has 0 bridgehead atoms. The zero-order valence-electron chi connectivity index (χ0n) is 63.9. The molecule has 0 amide bonds. The average molecular weight is 1680 g/mol. The summed E-state index contributed by atoms with van der Waals surface area (Å²) >= 11 is -2.45. The number of methoxy groups -OCH3 is 2. The molecule has 598 valence electrons. The van der Waals surface area contributed by atoms with E-state index in [9.17, 15) is 24.9 Å². The number of hydrogen-bond donors (Lipinski definition) is 5. The van der Waals surface area contributed by atoms with Crippen molar-refractivity contribution in [3.05, 3.63) is 207 Å². The number of rotatable bonds is 27. The van der Waals surface area contributed by atoms with Crippen LogP contribution in [-0.4, -0.2) is 176 Å². The molecule has 0 aliphatic rings. The molecule has 0 radical (unpaired) electrons. The molecule has 0 aliphatic heterocycles. The molecule has 115 heavy (non-hydrogen) atoms. The Labute approximate surface area is 659 Å². The maximum atomic E-state index is 12.5. The molecule has 5 N–H and O–H groups in total. The van der Waals surface area contributed by atoms with Crippen molar-refractivity contribution in [2.24, 2.45) is 24.5 Å². The number of aromatic amines is 2. The Bertz CT molecular complexity index is 5340. The number of benzene rings is 8. The van der Waals surface area contributed by atoms with E-state index in [1.165, 1.54) is 51.8 Å². The Morgan fingerprint density at radius 1 is 0.504 bits per heavy atom. The standard InChI is InChI=1S/C15H15N3O2.C14H13N3O3.C9H9N7O.C9H8N4O.C8H7N7O2.C6H4FNO3.3C4H9.N3.Sn/c1-18-15-8-7-13(9-14(15)16-17-18)20-10-11-3-5-12(19-2)6-4-11;1-19-11-4-2-10(3-5-11)9-20-12-6-7-14-13(8-12)15-16-17(14)18;1-16-8-3-2-6(4-7(8)10-15-16)17-5-9-11-13-14-12-9;1-13-9-3-2-7(14-5-4-10)6-8(9)11-12-13;16-15-7-2-1-5(3-6(7)9-14-15)17-4-8-10-12-13-11-8;7-5-3-4(9)1-2-6(5)8(10)11;3*1-3-4-2;1-3-2;/h3-9H,10H2,1-2H3;2-8,18H,9H2,1H3;2-4H,5H2,1H3,(H,11,12,13,14);2-3,6H,5H2,1H3;1-3,16H,4H2,(H,10,11,12,13);1-3,9H;3*1,3-4H2,2H3;;/q;;;;;;;;;-1;+1. The van der Waals surface area contributed by atoms with Crippen LogP contribution in [0.4, 0.5) is 10.1 Å². The summed E-state index contributed by atoms with van der Waals surface area (Å²) in [5, 5.41) is 111. The van der Waals surface area contributed by atoms with Crippen LogP contribution in [0.1, 0.15) is 82.1 Å². The number of phenolic OH excluding ortho intramolecular Hbond substituents is 1. The summed E-state index contributed by atoms with van der Waals surface area (Å²) in [5.74, 6) is 4.64. The molecular formula is C73H83FN28O12Sn. The number of phenols is 1. The molecule has 0 aliphatic carbocycles. The van der Waals surface area contributed by atoms with Gasteiger partial charge in [-0.1, -0.05) is 60.0 Å². The third-order valence-electron chi connectivity index (χ3n) is 16.9. The van der Waals surface area contributed by atoms with E-state index in [1.54, 1.807) is 76.8 Å². The third kappa shape index (κ3) is 25.4. The summed E-state index contributed by atoms with van der Waals surface area (Å²) in [6.07, 6.45) is 7.50. The van der Waals surface area contributed by atoms with Crippen molar-refractivity contribution >= 4 is 79.5 Å². The van der Waals surface area contributed by atoms with E-state index in [4.69, 9.17) is 49.1 Å². The smallest absolute Gasteiger partial charge is 0.305 e. The second kappa shape index (κ2) is 43.4. The van der Waals surface area contributed by atoms with Gasteiger partial charge in [-0.3, -0.25) is 10.1 Å². The first kappa shape index (κ1) is 84.8. The van der Waals surface area contributed by atoms with E-state index in [-0.39, 0.29) is 25.6 Å². The first-order valence-corrected chi connectivity index (χ1v) is 43.1. The van der Waals surface area contributed by atoms with Crippen LogP contribution in [0.2, 0.25) is 13.3 Å². The number of azide groups is 1. The molecule has 40 nitrogen and oxygen atoms in total. The number of hydrogen-bond acceptors (Lipinski definition) is 30. The predicted octanol–water partition coefficient (Wildman–Crippen LogP) is 12.6. The number of nitro groups is 1. The Balaban J connectivity index is 0.000000155. The Morgan fingerprint density at radius 2 is 0.852 bits per heavy atom. The van der Waals surface area contributed by atoms with Crippen LogP contribution in [0.3, 0.4) is 0 Å². The van der Waals surface area contributed by atoms with Gasteiger partial charge in [-0.15, -0.1) is 45.9 Å². The molecule has 8 aromatic carbocycles. The van der Waals surface area contributed by atoms with Gasteiger partial charge in [0.25, 0.3) is 0 Å². The fraction of sp³-hybridized carbons (Fsp3) is 0.301. The van der Waals surface area contributed by atoms with E-state index < -0.39 is 35.1 Å². The fourth-order valence-corrected chi connectivity index (χ4v) is 22.9. The number of nitriles is 1. The number of H-pyrrole nitrogens is 2. The Kier molecular flexibility index (Phi) is 32.0. The number of unbranched alkanes of at least 4 members (excludes halogenated alkanes) is 3. The second-order valence-electron chi connectivity index (χ2n) is 24.9. The molecule has 42 heteroatoms. The fourth-order valence-electron chi connectivity index (χ4n) is 10.7. The Hall–Kier alpha value is -14.2. The van der Waals surface area contributed by atoms with Crippen LogP contribution in [0, 0.1) is 27.3 Å². The van der Waals surface area contributed by atoms with Crippen LogP contribution >= 0.6 is 0 Å². The minimum absolute atomic E-state index is 0.0474. The first-order chi connectivity index (χ1) is 55.8. The molecule has 0 saturated carbocycles. The number of aryl methyl sites for hydroxylation is 3. The van der Waals surface area contributed by atoms with Crippen molar-refractivity contribution in [1.82, 2.24) is 117 Å². The number of nitrogens with one attached hydrogen (secondary N) is 2. The van der Waals surface area contributed by atoms with Crippen molar-refractivity contribution in [2.75, 3.05) is 20.8 Å². The van der Waals surface area contributed by atoms with Gasteiger partial charge in [0.1, 0.15) is 104 Å².